The third kappa shape index (κ3) is 6.48. The molecule has 1 aliphatic heterocycles. The highest BCUT2D eigenvalue weighted by molar-refractivity contribution is 5.85. The highest BCUT2D eigenvalue weighted by Gasteiger charge is 2.19. The minimum absolute atomic E-state index is 0. The Morgan fingerprint density at radius 2 is 1.91 bits per heavy atom. The quantitative estimate of drug-likeness (QED) is 0.374. The molecule has 0 aromatic heterocycles. The topological polar surface area (TPSA) is 79.4 Å². The number of benzene rings is 1. The van der Waals surface area contributed by atoms with Gasteiger partial charge >= 0.3 is 5.97 Å². The molecule has 0 saturated carbocycles. The van der Waals surface area contributed by atoms with Crippen LogP contribution >= 0.6 is 12.4 Å². The number of halogens is 1. The Balaban J connectivity index is 0.00000264. The Hall–Kier alpha value is -1.75. The molecule has 1 fully saturated rings. The van der Waals surface area contributed by atoms with E-state index in [4.69, 9.17) is 15.9 Å². The molecule has 23 heavy (non-hydrogen) atoms. The lowest BCUT2D eigenvalue weighted by atomic mass is 9.92. The first-order valence-corrected chi connectivity index (χ1v) is 7.91. The van der Waals surface area contributed by atoms with Gasteiger partial charge in [-0.05, 0) is 50.7 Å². The van der Waals surface area contributed by atoms with Gasteiger partial charge < -0.3 is 15.4 Å². The molecule has 0 atom stereocenters. The first kappa shape index (κ1) is 19.3. The Kier molecular flexibility index (Phi) is 7.89. The van der Waals surface area contributed by atoms with Gasteiger partial charge in [0.05, 0.1) is 0 Å². The summed E-state index contributed by atoms with van der Waals surface area (Å²) in [7, 11) is 0. The van der Waals surface area contributed by atoms with Crippen molar-refractivity contribution in [1.82, 2.24) is 4.90 Å². The molecule has 1 heterocycles. The number of nitrogens with zero attached hydrogens (tertiary/aromatic N) is 1. The zero-order valence-electron chi connectivity index (χ0n) is 13.6. The van der Waals surface area contributed by atoms with E-state index < -0.39 is 0 Å². The van der Waals surface area contributed by atoms with E-state index in [0.29, 0.717) is 18.1 Å². The molecule has 1 aromatic rings. The number of nitrogens with one attached hydrogen (secondary N) is 1. The number of ether oxygens (including phenoxy) is 1. The van der Waals surface area contributed by atoms with Crippen molar-refractivity contribution in [3.8, 4) is 5.75 Å². The number of likely N-dealkylation sites (tertiary alicyclic amines) is 1. The Labute approximate surface area is 144 Å². The second-order valence-corrected chi connectivity index (χ2v) is 6.00. The highest BCUT2D eigenvalue weighted by Crippen LogP contribution is 2.22. The number of guanidine groups is 1. The number of esters is 1. The normalized spacial score (nSPS) is 14.9. The summed E-state index contributed by atoms with van der Waals surface area (Å²) in [6, 6.07) is 7.52. The van der Waals surface area contributed by atoms with Crippen molar-refractivity contribution in [2.75, 3.05) is 13.1 Å². The van der Waals surface area contributed by atoms with Crippen LogP contribution in [-0.2, 0) is 4.79 Å². The molecular weight excluding hydrogens is 314 g/mol. The van der Waals surface area contributed by atoms with Gasteiger partial charge in [0.2, 0.25) is 0 Å². The molecule has 0 bridgehead atoms. The van der Waals surface area contributed by atoms with E-state index in [1.165, 1.54) is 0 Å². The fraction of sp³-hybridized carbons (Fsp3) is 0.529. The van der Waals surface area contributed by atoms with Crippen LogP contribution in [-0.4, -0.2) is 29.9 Å². The van der Waals surface area contributed by atoms with Crippen molar-refractivity contribution in [3.63, 3.8) is 0 Å². The molecule has 6 heteroatoms. The smallest absolute Gasteiger partial charge is 0.311 e. The van der Waals surface area contributed by atoms with Gasteiger partial charge in [-0.2, -0.15) is 0 Å². The summed E-state index contributed by atoms with van der Waals surface area (Å²) in [5, 5.41) is 7.41. The second kappa shape index (κ2) is 9.40. The van der Waals surface area contributed by atoms with Gasteiger partial charge in [0.15, 0.2) is 5.96 Å². The third-order valence-corrected chi connectivity index (χ3v) is 4.20. The van der Waals surface area contributed by atoms with E-state index in [0.717, 1.165) is 44.3 Å². The highest BCUT2D eigenvalue weighted by atomic mass is 35.5. The first-order chi connectivity index (χ1) is 10.5. The summed E-state index contributed by atoms with van der Waals surface area (Å²) in [6.45, 7) is 3.71. The maximum Gasteiger partial charge on any atom is 0.311 e. The second-order valence-electron chi connectivity index (χ2n) is 6.00. The van der Waals surface area contributed by atoms with Crippen LogP contribution in [0.5, 0.6) is 5.75 Å². The molecule has 1 aromatic carbocycles. The van der Waals surface area contributed by atoms with Gasteiger partial charge in [-0.25, -0.2) is 0 Å². The zero-order chi connectivity index (χ0) is 15.9. The van der Waals surface area contributed by atoms with E-state index >= 15 is 0 Å². The van der Waals surface area contributed by atoms with Gasteiger partial charge in [-0.15, -0.1) is 12.4 Å². The maximum absolute atomic E-state index is 11.8. The van der Waals surface area contributed by atoms with E-state index in [9.17, 15) is 4.79 Å². The number of carbonyl (C=O) groups excluding carboxylic acids is 1. The molecule has 0 spiro atoms. The molecule has 0 radical (unpaired) electrons. The molecular formula is C17H26ClN3O2. The molecule has 2 rings (SSSR count). The van der Waals surface area contributed by atoms with Crippen LogP contribution in [0.15, 0.2) is 24.3 Å². The summed E-state index contributed by atoms with van der Waals surface area (Å²) >= 11 is 0. The van der Waals surface area contributed by atoms with Crippen LogP contribution in [0.4, 0.5) is 0 Å². The van der Waals surface area contributed by atoms with Crippen molar-refractivity contribution < 1.29 is 9.53 Å². The van der Waals surface area contributed by atoms with E-state index in [2.05, 4.69) is 0 Å². The number of carbonyl (C=O) groups is 1. The minimum atomic E-state index is -0.162. The van der Waals surface area contributed by atoms with Crippen LogP contribution in [0, 0.1) is 18.3 Å². The average molecular weight is 340 g/mol. The summed E-state index contributed by atoms with van der Waals surface area (Å²) < 4.78 is 5.32. The Morgan fingerprint density at radius 3 is 2.48 bits per heavy atom. The number of piperidine rings is 1. The van der Waals surface area contributed by atoms with Crippen molar-refractivity contribution in [1.29, 1.82) is 5.41 Å². The monoisotopic (exact) mass is 339 g/mol. The van der Waals surface area contributed by atoms with Crippen molar-refractivity contribution in [2.24, 2.45) is 11.7 Å². The fourth-order valence-corrected chi connectivity index (χ4v) is 2.79. The number of hydrogen-bond donors (Lipinski definition) is 2. The predicted octanol–water partition coefficient (Wildman–Crippen LogP) is 3.10. The van der Waals surface area contributed by atoms with Gasteiger partial charge in [0.1, 0.15) is 5.75 Å². The van der Waals surface area contributed by atoms with E-state index in [-0.39, 0.29) is 24.3 Å². The van der Waals surface area contributed by atoms with E-state index in [1.807, 2.05) is 36.1 Å². The lowest BCUT2D eigenvalue weighted by molar-refractivity contribution is -0.134. The van der Waals surface area contributed by atoms with Crippen LogP contribution < -0.4 is 10.5 Å². The van der Waals surface area contributed by atoms with E-state index in [1.54, 1.807) is 0 Å². The third-order valence-electron chi connectivity index (χ3n) is 4.20. The Morgan fingerprint density at radius 1 is 1.30 bits per heavy atom. The molecule has 3 N–H and O–H groups in total. The molecule has 0 aliphatic carbocycles. The van der Waals surface area contributed by atoms with Gasteiger partial charge in [-0.1, -0.05) is 17.7 Å². The number of rotatable bonds is 5. The van der Waals surface area contributed by atoms with Crippen molar-refractivity contribution in [3.05, 3.63) is 29.8 Å². The van der Waals surface area contributed by atoms with Crippen molar-refractivity contribution >= 4 is 24.3 Å². The molecule has 0 unspecified atom stereocenters. The summed E-state index contributed by atoms with van der Waals surface area (Å²) in [4.78, 5) is 13.7. The first-order valence-electron chi connectivity index (χ1n) is 7.91. The molecule has 1 aliphatic rings. The number of aryl methyl sites for hydroxylation is 1. The zero-order valence-corrected chi connectivity index (χ0v) is 14.4. The molecule has 0 amide bonds. The van der Waals surface area contributed by atoms with Gasteiger partial charge in [0, 0.05) is 19.5 Å². The molecule has 5 nitrogen and oxygen atoms in total. The summed E-state index contributed by atoms with van der Waals surface area (Å²) in [5.41, 5.74) is 6.63. The van der Waals surface area contributed by atoms with Crippen LogP contribution in [0.3, 0.4) is 0 Å². The molecule has 128 valence electrons. The largest absolute Gasteiger partial charge is 0.427 e. The maximum atomic E-state index is 11.8. The standard InChI is InChI=1S/C17H25N3O2.ClH/c1-13-5-7-15(8-6-13)22-16(21)4-2-3-14-9-11-20(12-10-14)17(18)19;/h5-8,14H,2-4,9-12H2,1H3,(H3,18,19);1H. The lowest BCUT2D eigenvalue weighted by Gasteiger charge is -2.32. The lowest BCUT2D eigenvalue weighted by Crippen LogP contribution is -2.42. The number of nitrogens with two attached hydrogens (primary N) is 1. The van der Waals surface area contributed by atoms with Crippen molar-refractivity contribution in [2.45, 2.75) is 39.0 Å². The summed E-state index contributed by atoms with van der Waals surface area (Å²) in [6.07, 6.45) is 4.45. The number of hydrogen-bond acceptors (Lipinski definition) is 3. The fourth-order valence-electron chi connectivity index (χ4n) is 2.79. The Bertz CT molecular complexity index is 511. The van der Waals surface area contributed by atoms with Gasteiger partial charge in [-0.3, -0.25) is 10.2 Å². The van der Waals surface area contributed by atoms with Crippen LogP contribution in [0.2, 0.25) is 0 Å². The predicted molar refractivity (Wildman–Crippen MR) is 94.1 cm³/mol. The van der Waals surface area contributed by atoms with Crippen LogP contribution in [0.25, 0.3) is 0 Å². The average Bonchev–Trinajstić information content (AvgIpc) is 2.50. The van der Waals surface area contributed by atoms with Crippen LogP contribution in [0.1, 0.15) is 37.7 Å². The summed E-state index contributed by atoms with van der Waals surface area (Å²) in [5.74, 6) is 1.25. The minimum Gasteiger partial charge on any atom is -0.427 e. The SMILES string of the molecule is Cc1ccc(OC(=O)CCCC2CCN(C(=N)N)CC2)cc1.Cl. The molecule has 1 saturated heterocycles. The van der Waals surface area contributed by atoms with Gasteiger partial charge in [0.25, 0.3) is 0 Å².